The zero-order valence-corrected chi connectivity index (χ0v) is 13.9. The van der Waals surface area contributed by atoms with E-state index >= 15 is 0 Å². The van der Waals surface area contributed by atoms with Gasteiger partial charge in [0.1, 0.15) is 11.9 Å². The van der Waals surface area contributed by atoms with Crippen molar-refractivity contribution in [3.8, 4) is 0 Å². The third-order valence-electron chi connectivity index (χ3n) is 4.41. The Labute approximate surface area is 127 Å². The smallest absolute Gasteiger partial charge is 0.159 e. The standard InChI is InChI=1S/C18H26O3/c1-12(2)16-14(4)18(21,9-7-13(3)8-10-19)17(5,6)11-15(16)20/h7-10,12,21H,11H2,1-6H3/b9-7+,13-8-. The van der Waals surface area contributed by atoms with Crippen LogP contribution in [0.3, 0.4) is 0 Å². The summed E-state index contributed by atoms with van der Waals surface area (Å²) in [4.78, 5) is 22.8. The first-order valence-corrected chi connectivity index (χ1v) is 7.35. The van der Waals surface area contributed by atoms with Crippen LogP contribution in [0.4, 0.5) is 0 Å². The number of carbonyl (C=O) groups excluding carboxylic acids is 2. The number of carbonyl (C=O) groups is 2. The van der Waals surface area contributed by atoms with Gasteiger partial charge in [-0.1, -0.05) is 33.8 Å². The SMILES string of the molecule is CC1=C(C(C)C)C(=O)CC(C)(C)C1(O)/C=C/C(C)=C\C=O. The number of hydrogen-bond donors (Lipinski definition) is 1. The normalized spacial score (nSPS) is 26.9. The van der Waals surface area contributed by atoms with Gasteiger partial charge in [0, 0.05) is 11.8 Å². The summed E-state index contributed by atoms with van der Waals surface area (Å²) in [5, 5.41) is 11.2. The van der Waals surface area contributed by atoms with Crippen LogP contribution >= 0.6 is 0 Å². The summed E-state index contributed by atoms with van der Waals surface area (Å²) in [6.07, 6.45) is 5.94. The lowest BCUT2D eigenvalue weighted by atomic mass is 9.61. The molecule has 0 heterocycles. The lowest BCUT2D eigenvalue weighted by Gasteiger charge is -2.46. The minimum Gasteiger partial charge on any atom is -0.381 e. The molecule has 3 heteroatoms. The predicted molar refractivity (Wildman–Crippen MR) is 84.9 cm³/mol. The van der Waals surface area contributed by atoms with E-state index in [-0.39, 0.29) is 11.7 Å². The molecule has 1 rings (SSSR count). The molecule has 3 nitrogen and oxygen atoms in total. The Kier molecular flexibility index (Phi) is 5.11. The summed E-state index contributed by atoms with van der Waals surface area (Å²) in [7, 11) is 0. The third kappa shape index (κ3) is 3.24. The van der Waals surface area contributed by atoms with Crippen molar-refractivity contribution < 1.29 is 14.7 Å². The zero-order chi connectivity index (χ0) is 16.4. The van der Waals surface area contributed by atoms with Gasteiger partial charge < -0.3 is 5.11 Å². The Morgan fingerprint density at radius 1 is 1.33 bits per heavy atom. The first-order chi connectivity index (χ1) is 9.56. The minimum absolute atomic E-state index is 0.0835. The van der Waals surface area contributed by atoms with Gasteiger partial charge >= 0.3 is 0 Å². The molecular formula is C18H26O3. The Hall–Kier alpha value is -1.48. The Morgan fingerprint density at radius 3 is 2.38 bits per heavy atom. The van der Waals surface area contributed by atoms with Crippen LogP contribution in [-0.2, 0) is 9.59 Å². The Morgan fingerprint density at radius 2 is 1.90 bits per heavy atom. The van der Waals surface area contributed by atoms with Crippen LogP contribution in [0.2, 0.25) is 0 Å². The second-order valence-electron chi connectivity index (χ2n) is 6.82. The van der Waals surface area contributed by atoms with E-state index in [1.807, 2.05) is 34.6 Å². The van der Waals surface area contributed by atoms with Gasteiger partial charge in [-0.3, -0.25) is 9.59 Å². The van der Waals surface area contributed by atoms with Gasteiger partial charge in [0.2, 0.25) is 0 Å². The number of hydrogen-bond acceptors (Lipinski definition) is 3. The summed E-state index contributed by atoms with van der Waals surface area (Å²) < 4.78 is 0. The van der Waals surface area contributed by atoms with E-state index in [1.165, 1.54) is 6.08 Å². The molecule has 21 heavy (non-hydrogen) atoms. The second-order valence-corrected chi connectivity index (χ2v) is 6.82. The molecule has 0 aromatic carbocycles. The average Bonchev–Trinajstić information content (AvgIpc) is 2.33. The third-order valence-corrected chi connectivity index (χ3v) is 4.41. The molecule has 0 radical (unpaired) electrons. The van der Waals surface area contributed by atoms with Gasteiger partial charge in [-0.15, -0.1) is 0 Å². The lowest BCUT2D eigenvalue weighted by Crippen LogP contribution is -2.50. The summed E-state index contributed by atoms with van der Waals surface area (Å²) in [6, 6.07) is 0. The minimum atomic E-state index is -1.18. The molecule has 116 valence electrons. The number of allylic oxidation sites excluding steroid dienone is 4. The van der Waals surface area contributed by atoms with E-state index in [2.05, 4.69) is 0 Å². The molecule has 0 aromatic heterocycles. The maximum atomic E-state index is 12.3. The van der Waals surface area contributed by atoms with E-state index in [0.717, 1.165) is 17.4 Å². The van der Waals surface area contributed by atoms with Crippen molar-refractivity contribution in [2.45, 2.75) is 53.6 Å². The molecule has 0 amide bonds. The van der Waals surface area contributed by atoms with Gasteiger partial charge in [-0.25, -0.2) is 0 Å². The molecule has 1 aliphatic rings. The predicted octanol–water partition coefficient (Wildman–Crippen LogP) is 3.39. The maximum Gasteiger partial charge on any atom is 0.159 e. The van der Waals surface area contributed by atoms with Crippen molar-refractivity contribution in [2.24, 2.45) is 11.3 Å². The number of rotatable bonds is 4. The summed E-state index contributed by atoms with van der Waals surface area (Å²) in [5.74, 6) is 0.200. The van der Waals surface area contributed by atoms with Gasteiger partial charge in [-0.05, 0) is 48.6 Å². The van der Waals surface area contributed by atoms with Crippen molar-refractivity contribution in [1.82, 2.24) is 0 Å². The first kappa shape index (κ1) is 17.6. The van der Waals surface area contributed by atoms with E-state index in [9.17, 15) is 14.7 Å². The van der Waals surface area contributed by atoms with Gasteiger partial charge in [-0.2, -0.15) is 0 Å². The highest BCUT2D eigenvalue weighted by Crippen LogP contribution is 2.47. The number of ketones is 1. The van der Waals surface area contributed by atoms with E-state index < -0.39 is 11.0 Å². The molecule has 0 bridgehead atoms. The quantitative estimate of drug-likeness (QED) is 0.490. The second kappa shape index (κ2) is 6.10. The Balaban J connectivity index is 3.43. The zero-order valence-electron chi connectivity index (χ0n) is 13.9. The molecule has 0 saturated heterocycles. The van der Waals surface area contributed by atoms with E-state index in [4.69, 9.17) is 0 Å². The van der Waals surface area contributed by atoms with Crippen molar-refractivity contribution in [3.63, 3.8) is 0 Å². The fraction of sp³-hybridized carbons (Fsp3) is 0.556. The molecule has 1 N–H and O–H groups in total. The summed E-state index contributed by atoms with van der Waals surface area (Å²) in [6.45, 7) is 11.4. The van der Waals surface area contributed by atoms with Crippen LogP contribution in [0.5, 0.6) is 0 Å². The highest BCUT2D eigenvalue weighted by molar-refractivity contribution is 5.98. The monoisotopic (exact) mass is 290 g/mol. The fourth-order valence-electron chi connectivity index (χ4n) is 3.07. The molecule has 0 fully saturated rings. The number of aldehydes is 1. The average molecular weight is 290 g/mol. The molecular weight excluding hydrogens is 264 g/mol. The molecule has 0 aromatic rings. The highest BCUT2D eigenvalue weighted by atomic mass is 16.3. The summed E-state index contributed by atoms with van der Waals surface area (Å²) in [5.41, 5.74) is 0.445. The lowest BCUT2D eigenvalue weighted by molar-refractivity contribution is -0.123. The van der Waals surface area contributed by atoms with Crippen LogP contribution in [0.1, 0.15) is 48.0 Å². The van der Waals surface area contributed by atoms with Gasteiger partial charge in [0.05, 0.1) is 0 Å². The fourth-order valence-corrected chi connectivity index (χ4v) is 3.07. The Bertz CT molecular complexity index is 533. The maximum absolute atomic E-state index is 12.3. The topological polar surface area (TPSA) is 54.4 Å². The number of Topliss-reactive ketones (excluding diaryl/α,β-unsaturated/α-hetero) is 1. The van der Waals surface area contributed by atoms with Crippen LogP contribution in [0.25, 0.3) is 0 Å². The largest absolute Gasteiger partial charge is 0.381 e. The molecule has 1 unspecified atom stereocenters. The van der Waals surface area contributed by atoms with Gasteiger partial charge in [0.25, 0.3) is 0 Å². The van der Waals surface area contributed by atoms with E-state index in [1.54, 1.807) is 19.1 Å². The van der Waals surface area contributed by atoms with Crippen LogP contribution < -0.4 is 0 Å². The van der Waals surface area contributed by atoms with Gasteiger partial charge in [0.15, 0.2) is 5.78 Å². The highest BCUT2D eigenvalue weighted by Gasteiger charge is 2.49. The number of aliphatic hydroxyl groups is 1. The van der Waals surface area contributed by atoms with Crippen molar-refractivity contribution >= 4 is 12.1 Å². The first-order valence-electron chi connectivity index (χ1n) is 7.35. The molecule has 0 saturated carbocycles. The van der Waals surface area contributed by atoms with Crippen molar-refractivity contribution in [3.05, 3.63) is 34.9 Å². The van der Waals surface area contributed by atoms with Crippen LogP contribution in [0.15, 0.2) is 34.9 Å². The molecule has 0 aliphatic heterocycles. The van der Waals surface area contributed by atoms with Crippen molar-refractivity contribution in [1.29, 1.82) is 0 Å². The van der Waals surface area contributed by atoms with Crippen molar-refractivity contribution in [2.75, 3.05) is 0 Å². The van der Waals surface area contributed by atoms with Crippen LogP contribution in [-0.4, -0.2) is 22.8 Å². The molecule has 0 spiro atoms. The van der Waals surface area contributed by atoms with Crippen LogP contribution in [0, 0.1) is 11.3 Å². The van der Waals surface area contributed by atoms with E-state index in [0.29, 0.717) is 12.0 Å². The molecule has 1 atom stereocenters. The molecule has 1 aliphatic carbocycles. The summed E-state index contributed by atoms with van der Waals surface area (Å²) >= 11 is 0.